The molecule has 0 saturated carbocycles. The van der Waals surface area contributed by atoms with Crippen LogP contribution in [0.25, 0.3) is 0 Å². The molecule has 0 bridgehead atoms. The average molecular weight is 237 g/mol. The van der Waals surface area contributed by atoms with Crippen molar-refractivity contribution in [3.8, 4) is 0 Å². The molecule has 0 fully saturated rings. The van der Waals surface area contributed by atoms with Crippen LogP contribution < -0.4 is 0 Å². The van der Waals surface area contributed by atoms with E-state index >= 15 is 0 Å². The molecule has 0 nitrogen and oxygen atoms in total. The lowest BCUT2D eigenvalue weighted by Gasteiger charge is -2.08. The molecule has 0 heterocycles. The first-order valence-electron chi connectivity index (χ1n) is 3.64. The summed E-state index contributed by atoms with van der Waals surface area (Å²) < 4.78 is 0. The Hall–Kier alpha value is 0.367. The van der Waals surface area contributed by atoms with Gasteiger partial charge in [-0.1, -0.05) is 18.2 Å². The van der Waals surface area contributed by atoms with E-state index in [4.69, 9.17) is 22.2 Å². The van der Waals surface area contributed by atoms with Crippen molar-refractivity contribution in [3.63, 3.8) is 0 Å². The van der Waals surface area contributed by atoms with Crippen LogP contribution in [0.4, 0.5) is 0 Å². The Labute approximate surface area is 87.7 Å². The molecule has 0 aromatic heterocycles. The van der Waals surface area contributed by atoms with E-state index in [0.29, 0.717) is 0 Å². The van der Waals surface area contributed by atoms with E-state index in [2.05, 4.69) is 12.1 Å². The van der Waals surface area contributed by atoms with Crippen LogP contribution in [0.3, 0.4) is 0 Å². The second-order valence-corrected chi connectivity index (χ2v) is 12.3. The zero-order chi connectivity index (χ0) is 9.03. The second kappa shape index (κ2) is 4.56. The van der Waals surface area contributed by atoms with E-state index in [1.165, 1.54) is 4.90 Å². The first kappa shape index (κ1) is 10.4. The molecule has 1 aromatic carbocycles. The highest BCUT2D eigenvalue weighted by Crippen LogP contribution is 2.25. The van der Waals surface area contributed by atoms with Crippen molar-refractivity contribution in [3.05, 3.63) is 30.3 Å². The van der Waals surface area contributed by atoms with Crippen LogP contribution in [0.2, 0.25) is 6.55 Å². The van der Waals surface area contributed by atoms with Crippen LogP contribution in [0.5, 0.6) is 0 Å². The van der Waals surface area contributed by atoms with Crippen molar-refractivity contribution in [2.24, 2.45) is 0 Å². The molecule has 0 radical (unpaired) electrons. The normalized spacial score (nSPS) is 11.6. The van der Waals surface area contributed by atoms with E-state index in [0.717, 1.165) is 5.38 Å². The summed E-state index contributed by atoms with van der Waals surface area (Å²) >= 11 is 13.7. The molecule has 0 aliphatic heterocycles. The van der Waals surface area contributed by atoms with Crippen LogP contribution in [0, 0.1) is 0 Å². The first-order chi connectivity index (χ1) is 5.58. The molecule has 12 heavy (non-hydrogen) atoms. The minimum Gasteiger partial charge on any atom is -0.145 e. The molecule has 66 valence electrons. The summed E-state index contributed by atoms with van der Waals surface area (Å²) in [5, 5.41) is 0.847. The fourth-order valence-corrected chi connectivity index (χ4v) is 3.74. The van der Waals surface area contributed by atoms with E-state index in [9.17, 15) is 0 Å². The zero-order valence-corrected chi connectivity index (χ0v) is 10.1. The molecule has 0 unspecified atom stereocenters. The lowest BCUT2D eigenvalue weighted by Crippen LogP contribution is -2.16. The highest BCUT2D eigenvalue weighted by atomic mass is 35.7. The van der Waals surface area contributed by atoms with Crippen molar-refractivity contribution in [2.75, 3.05) is 5.38 Å². The van der Waals surface area contributed by atoms with E-state index in [1.54, 1.807) is 11.8 Å². The van der Waals surface area contributed by atoms with Crippen molar-refractivity contribution < 1.29 is 0 Å². The Morgan fingerprint density at radius 3 is 2.33 bits per heavy atom. The van der Waals surface area contributed by atoms with Gasteiger partial charge in [0.15, 0.2) is 0 Å². The van der Waals surface area contributed by atoms with Gasteiger partial charge in [0.1, 0.15) is 0 Å². The van der Waals surface area contributed by atoms with Crippen molar-refractivity contribution in [1.82, 2.24) is 0 Å². The van der Waals surface area contributed by atoms with Gasteiger partial charge in [-0.25, -0.2) is 0 Å². The number of thioether (sulfide) groups is 1. The summed E-state index contributed by atoms with van der Waals surface area (Å²) in [6.07, 6.45) is 0. The Bertz CT molecular complexity index is 233. The van der Waals surface area contributed by atoms with Gasteiger partial charge in [-0.15, -0.1) is 33.9 Å². The SMILES string of the molecule is C[Si](Cl)(Cl)CSc1ccccc1. The third-order valence-corrected chi connectivity index (χ3v) is 6.41. The highest BCUT2D eigenvalue weighted by molar-refractivity contribution is 8.02. The van der Waals surface area contributed by atoms with Crippen LogP contribution in [0.1, 0.15) is 0 Å². The standard InChI is InChI=1S/C8H10Cl2SSi/c1-12(9,10)7-11-8-5-3-2-4-6-8/h2-6H,7H2,1H3. The lowest BCUT2D eigenvalue weighted by atomic mass is 10.4. The van der Waals surface area contributed by atoms with Crippen molar-refractivity contribution in [2.45, 2.75) is 11.4 Å². The molecule has 0 aliphatic carbocycles. The summed E-state index contributed by atoms with van der Waals surface area (Å²) in [5.74, 6) is 0. The quantitative estimate of drug-likeness (QED) is 0.437. The van der Waals surface area contributed by atoms with Gasteiger partial charge in [-0.2, -0.15) is 0 Å². The highest BCUT2D eigenvalue weighted by Gasteiger charge is 2.20. The molecule has 4 heteroatoms. The Balaban J connectivity index is 2.44. The summed E-state index contributed by atoms with van der Waals surface area (Å²) in [6.45, 7) is 0.00397. The van der Waals surface area contributed by atoms with Gasteiger partial charge >= 0.3 is 0 Å². The predicted octanol–water partition coefficient (Wildman–Crippen LogP) is 3.87. The smallest absolute Gasteiger partial charge is 0.145 e. The Morgan fingerprint density at radius 2 is 1.83 bits per heavy atom. The molecule has 0 saturated heterocycles. The molecule has 1 aromatic rings. The second-order valence-electron chi connectivity index (χ2n) is 2.67. The van der Waals surface area contributed by atoms with E-state index in [-0.39, 0.29) is 0 Å². The molecular weight excluding hydrogens is 227 g/mol. The maximum absolute atomic E-state index is 5.97. The fraction of sp³-hybridized carbons (Fsp3) is 0.250. The van der Waals surface area contributed by atoms with Gasteiger partial charge in [0.2, 0.25) is 0 Å². The minimum atomic E-state index is -1.93. The first-order valence-corrected chi connectivity index (χ1v) is 9.35. The molecule has 0 amide bonds. The molecule has 0 aliphatic rings. The van der Waals surface area contributed by atoms with Gasteiger partial charge in [0, 0.05) is 10.3 Å². The van der Waals surface area contributed by atoms with Gasteiger partial charge in [-0.05, 0) is 18.7 Å². The molecule has 0 spiro atoms. The monoisotopic (exact) mass is 236 g/mol. The molecule has 0 atom stereocenters. The minimum absolute atomic E-state index is 0.847. The van der Waals surface area contributed by atoms with E-state index < -0.39 is 6.69 Å². The van der Waals surface area contributed by atoms with Crippen LogP contribution in [-0.4, -0.2) is 12.1 Å². The maximum atomic E-state index is 5.97. The Morgan fingerprint density at radius 1 is 1.25 bits per heavy atom. The number of hydrogen-bond donors (Lipinski definition) is 0. The molecule has 0 N–H and O–H groups in total. The number of rotatable bonds is 3. The molecular formula is C8H10Cl2SSi. The van der Waals surface area contributed by atoms with Crippen molar-refractivity contribution in [1.29, 1.82) is 0 Å². The van der Waals surface area contributed by atoms with Crippen LogP contribution in [-0.2, 0) is 0 Å². The molecule has 1 rings (SSSR count). The average Bonchev–Trinajstić information content (AvgIpc) is 2.02. The Kier molecular flexibility index (Phi) is 3.97. The number of hydrogen-bond acceptors (Lipinski definition) is 1. The summed E-state index contributed by atoms with van der Waals surface area (Å²) in [6, 6.07) is 10.2. The van der Waals surface area contributed by atoms with Gasteiger partial charge in [-0.3, -0.25) is 0 Å². The van der Waals surface area contributed by atoms with Gasteiger partial charge in [0.05, 0.1) is 0 Å². The zero-order valence-electron chi connectivity index (χ0n) is 6.76. The summed E-state index contributed by atoms with van der Waals surface area (Å²) in [5.41, 5.74) is 0. The number of benzene rings is 1. The maximum Gasteiger partial charge on any atom is 0.258 e. The van der Waals surface area contributed by atoms with Gasteiger partial charge < -0.3 is 0 Å². The topological polar surface area (TPSA) is 0 Å². The fourth-order valence-electron chi connectivity index (χ4n) is 0.727. The van der Waals surface area contributed by atoms with Gasteiger partial charge in [0.25, 0.3) is 6.69 Å². The summed E-state index contributed by atoms with van der Waals surface area (Å²) in [4.78, 5) is 1.23. The third-order valence-electron chi connectivity index (χ3n) is 1.24. The van der Waals surface area contributed by atoms with Crippen LogP contribution in [0.15, 0.2) is 35.2 Å². The predicted molar refractivity (Wildman–Crippen MR) is 60.5 cm³/mol. The largest absolute Gasteiger partial charge is 0.258 e. The van der Waals surface area contributed by atoms with E-state index in [1.807, 2.05) is 24.7 Å². The van der Waals surface area contributed by atoms with Crippen molar-refractivity contribution >= 4 is 40.6 Å². The summed E-state index contributed by atoms with van der Waals surface area (Å²) in [7, 11) is 0. The van der Waals surface area contributed by atoms with Crippen LogP contribution >= 0.6 is 33.9 Å². The number of halogens is 2. The third kappa shape index (κ3) is 4.41. The lowest BCUT2D eigenvalue weighted by molar-refractivity contribution is 1.47.